The predicted molar refractivity (Wildman–Crippen MR) is 51.8 cm³/mol. The number of carboxylic acids is 1. The third-order valence-corrected chi connectivity index (χ3v) is 2.76. The van der Waals surface area contributed by atoms with Crippen molar-refractivity contribution in [3.63, 3.8) is 0 Å². The molecule has 6 nitrogen and oxygen atoms in total. The molecule has 0 aliphatic rings. The van der Waals surface area contributed by atoms with Crippen LogP contribution in [0.4, 0.5) is 0 Å². The van der Waals surface area contributed by atoms with Crippen molar-refractivity contribution >= 4 is 17.5 Å². The minimum atomic E-state index is -1.06. The number of carbonyl (C=O) groups is 1. The highest BCUT2D eigenvalue weighted by Gasteiger charge is 2.24. The van der Waals surface area contributed by atoms with Crippen molar-refractivity contribution in [2.75, 3.05) is 0 Å². The fourth-order valence-electron chi connectivity index (χ4n) is 1.22. The van der Waals surface area contributed by atoms with Gasteiger partial charge in [-0.15, -0.1) is 5.10 Å². The zero-order valence-corrected chi connectivity index (χ0v) is 8.83. The Kier molecular flexibility index (Phi) is 2.24. The van der Waals surface area contributed by atoms with E-state index < -0.39 is 5.97 Å². The molecule has 0 aliphatic heterocycles. The van der Waals surface area contributed by atoms with Gasteiger partial charge < -0.3 is 9.63 Å². The molecular formula is C8H7N3O3S. The van der Waals surface area contributed by atoms with Gasteiger partial charge >= 0.3 is 5.97 Å². The van der Waals surface area contributed by atoms with Crippen molar-refractivity contribution in [2.45, 2.75) is 13.8 Å². The molecule has 7 heteroatoms. The second-order valence-electron chi connectivity index (χ2n) is 2.96. The number of rotatable bonds is 2. The van der Waals surface area contributed by atoms with Crippen LogP contribution in [0.2, 0.25) is 0 Å². The minimum Gasteiger partial charge on any atom is -0.477 e. The molecule has 0 saturated heterocycles. The molecule has 0 aliphatic carbocycles. The van der Waals surface area contributed by atoms with E-state index in [4.69, 9.17) is 9.63 Å². The van der Waals surface area contributed by atoms with Gasteiger partial charge in [-0.2, -0.15) is 0 Å². The van der Waals surface area contributed by atoms with Crippen LogP contribution in [0.25, 0.3) is 10.6 Å². The molecular weight excluding hydrogens is 218 g/mol. The number of hydrogen-bond donors (Lipinski definition) is 1. The van der Waals surface area contributed by atoms with E-state index in [9.17, 15) is 4.79 Å². The Balaban J connectivity index is 2.64. The molecule has 78 valence electrons. The van der Waals surface area contributed by atoms with Crippen LogP contribution in [0, 0.1) is 13.8 Å². The Morgan fingerprint density at radius 3 is 2.67 bits per heavy atom. The molecule has 0 bridgehead atoms. The lowest BCUT2D eigenvalue weighted by Gasteiger charge is -1.93. The third-order valence-electron chi connectivity index (χ3n) is 1.93. The molecule has 0 saturated carbocycles. The van der Waals surface area contributed by atoms with Gasteiger partial charge in [0.2, 0.25) is 0 Å². The second kappa shape index (κ2) is 3.43. The van der Waals surface area contributed by atoms with Crippen LogP contribution in [-0.4, -0.2) is 25.8 Å². The highest BCUT2D eigenvalue weighted by Crippen LogP contribution is 2.30. The summed E-state index contributed by atoms with van der Waals surface area (Å²) in [5.74, 6) is -0.830. The molecule has 0 fully saturated rings. The van der Waals surface area contributed by atoms with Crippen molar-refractivity contribution in [1.82, 2.24) is 14.7 Å². The van der Waals surface area contributed by atoms with Crippen molar-refractivity contribution in [2.24, 2.45) is 0 Å². The Bertz CT molecular complexity index is 517. The standard InChI is InChI=1S/C8H7N3O3S/c1-3-5(8(12)13)6(14-10-3)7-4(2)9-11-15-7/h1-2H3,(H,12,13). The van der Waals surface area contributed by atoms with Gasteiger partial charge in [0.25, 0.3) is 0 Å². The molecule has 0 unspecified atom stereocenters. The van der Waals surface area contributed by atoms with E-state index in [2.05, 4.69) is 14.7 Å². The summed E-state index contributed by atoms with van der Waals surface area (Å²) in [5, 5.41) is 16.4. The average molecular weight is 225 g/mol. The molecule has 2 aromatic rings. The van der Waals surface area contributed by atoms with Crippen LogP contribution in [0.5, 0.6) is 0 Å². The van der Waals surface area contributed by atoms with Crippen LogP contribution < -0.4 is 0 Å². The van der Waals surface area contributed by atoms with Gasteiger partial charge in [-0.3, -0.25) is 0 Å². The maximum atomic E-state index is 11.0. The number of aromatic carboxylic acids is 1. The lowest BCUT2D eigenvalue weighted by Crippen LogP contribution is -1.98. The molecule has 0 spiro atoms. The molecule has 15 heavy (non-hydrogen) atoms. The van der Waals surface area contributed by atoms with Crippen LogP contribution >= 0.6 is 11.5 Å². The minimum absolute atomic E-state index is 0.0733. The van der Waals surface area contributed by atoms with Gasteiger partial charge in [0, 0.05) is 0 Å². The van der Waals surface area contributed by atoms with E-state index in [1.165, 1.54) is 0 Å². The first-order chi connectivity index (χ1) is 7.11. The fourth-order valence-corrected chi connectivity index (χ4v) is 1.86. The number of carboxylic acid groups (broad SMARTS) is 1. The molecule has 0 radical (unpaired) electrons. The molecule has 1 N–H and O–H groups in total. The Morgan fingerprint density at radius 2 is 2.13 bits per heavy atom. The summed E-state index contributed by atoms with van der Waals surface area (Å²) >= 11 is 1.09. The SMILES string of the molecule is Cc1nnsc1-c1onc(C)c1C(=O)O. The van der Waals surface area contributed by atoms with Gasteiger partial charge in [0.05, 0.1) is 11.4 Å². The number of aryl methyl sites for hydroxylation is 2. The first-order valence-corrected chi connectivity index (χ1v) is 4.87. The van der Waals surface area contributed by atoms with Crippen LogP contribution in [0.1, 0.15) is 21.7 Å². The van der Waals surface area contributed by atoms with Crippen LogP contribution in [-0.2, 0) is 0 Å². The van der Waals surface area contributed by atoms with Crippen LogP contribution in [0.3, 0.4) is 0 Å². The highest BCUT2D eigenvalue weighted by atomic mass is 32.1. The first kappa shape index (κ1) is 9.78. The zero-order valence-electron chi connectivity index (χ0n) is 8.01. The topological polar surface area (TPSA) is 89.1 Å². The maximum absolute atomic E-state index is 11.0. The lowest BCUT2D eigenvalue weighted by atomic mass is 10.1. The highest BCUT2D eigenvalue weighted by molar-refractivity contribution is 7.09. The summed E-state index contributed by atoms with van der Waals surface area (Å²) in [5.41, 5.74) is 1.06. The van der Waals surface area contributed by atoms with E-state index in [0.29, 0.717) is 16.3 Å². The number of nitrogens with zero attached hydrogens (tertiary/aromatic N) is 3. The molecule has 2 rings (SSSR count). The average Bonchev–Trinajstić information content (AvgIpc) is 2.71. The molecule has 2 heterocycles. The summed E-state index contributed by atoms with van der Waals surface area (Å²) < 4.78 is 8.70. The second-order valence-corrected chi connectivity index (χ2v) is 3.72. The van der Waals surface area contributed by atoms with E-state index in [-0.39, 0.29) is 11.3 Å². The summed E-state index contributed by atoms with van der Waals surface area (Å²) in [7, 11) is 0. The molecule has 0 atom stereocenters. The normalized spacial score (nSPS) is 10.5. The zero-order chi connectivity index (χ0) is 11.0. The summed E-state index contributed by atoms with van der Waals surface area (Å²) in [6, 6.07) is 0. The Labute approximate surface area is 88.7 Å². The third kappa shape index (κ3) is 1.50. The summed E-state index contributed by atoms with van der Waals surface area (Å²) in [6.07, 6.45) is 0. The van der Waals surface area contributed by atoms with Gasteiger partial charge in [-0.25, -0.2) is 4.79 Å². The summed E-state index contributed by atoms with van der Waals surface area (Å²) in [4.78, 5) is 11.6. The Morgan fingerprint density at radius 1 is 1.40 bits per heavy atom. The lowest BCUT2D eigenvalue weighted by molar-refractivity contribution is 0.0696. The Hall–Kier alpha value is -1.76. The molecule has 0 aromatic carbocycles. The monoisotopic (exact) mass is 225 g/mol. The summed E-state index contributed by atoms with van der Waals surface area (Å²) in [6.45, 7) is 3.32. The number of aromatic nitrogens is 3. The predicted octanol–water partition coefficient (Wildman–Crippen LogP) is 1.51. The maximum Gasteiger partial charge on any atom is 0.341 e. The van der Waals surface area contributed by atoms with Gasteiger partial charge in [0.15, 0.2) is 5.76 Å². The quantitative estimate of drug-likeness (QED) is 0.833. The van der Waals surface area contributed by atoms with Crippen molar-refractivity contribution in [3.05, 3.63) is 17.0 Å². The fraction of sp³-hybridized carbons (Fsp3) is 0.250. The van der Waals surface area contributed by atoms with Crippen molar-refractivity contribution in [3.8, 4) is 10.6 Å². The van der Waals surface area contributed by atoms with Gasteiger partial charge in [-0.05, 0) is 25.4 Å². The van der Waals surface area contributed by atoms with E-state index in [1.807, 2.05) is 0 Å². The van der Waals surface area contributed by atoms with Gasteiger partial charge in [-0.1, -0.05) is 9.64 Å². The van der Waals surface area contributed by atoms with Crippen LogP contribution in [0.15, 0.2) is 4.52 Å². The smallest absolute Gasteiger partial charge is 0.341 e. The molecule has 2 aromatic heterocycles. The van der Waals surface area contributed by atoms with E-state index in [1.54, 1.807) is 13.8 Å². The van der Waals surface area contributed by atoms with Crippen molar-refractivity contribution < 1.29 is 14.4 Å². The number of hydrogen-bond acceptors (Lipinski definition) is 6. The van der Waals surface area contributed by atoms with E-state index >= 15 is 0 Å². The van der Waals surface area contributed by atoms with Crippen molar-refractivity contribution in [1.29, 1.82) is 0 Å². The van der Waals surface area contributed by atoms with Gasteiger partial charge in [0.1, 0.15) is 10.4 Å². The largest absolute Gasteiger partial charge is 0.477 e. The molecule has 0 amide bonds. The van der Waals surface area contributed by atoms with E-state index in [0.717, 1.165) is 11.5 Å². The first-order valence-electron chi connectivity index (χ1n) is 4.10.